The van der Waals surface area contributed by atoms with Crippen LogP contribution in [0.4, 0.5) is 0 Å². The van der Waals surface area contributed by atoms with Crippen LogP contribution in [0.3, 0.4) is 0 Å². The van der Waals surface area contributed by atoms with Gasteiger partial charge in [-0.2, -0.15) is 0 Å². The number of hydrogen-bond acceptors (Lipinski definition) is 3. The van der Waals surface area contributed by atoms with Crippen molar-refractivity contribution in [3.63, 3.8) is 0 Å². The predicted molar refractivity (Wildman–Crippen MR) is 47.2 cm³/mol. The molecule has 0 aliphatic rings. The molecule has 1 aromatic rings. The zero-order valence-corrected chi connectivity index (χ0v) is 7.04. The van der Waals surface area contributed by atoms with E-state index in [4.69, 9.17) is 5.11 Å². The van der Waals surface area contributed by atoms with E-state index in [9.17, 15) is 5.11 Å². The van der Waals surface area contributed by atoms with Gasteiger partial charge in [0.2, 0.25) is 0 Å². The van der Waals surface area contributed by atoms with Gasteiger partial charge in [-0.05, 0) is 12.6 Å². The number of phenolic OH excluding ortho intramolecular Hbond substituents is 2. The number of phenols is 2. The zero-order chi connectivity index (χ0) is 8.97. The molecule has 1 aromatic carbocycles. The number of hydrogen-bond donors (Lipinski definition) is 3. The Morgan fingerprint density at radius 3 is 2.67 bits per heavy atom. The summed E-state index contributed by atoms with van der Waals surface area (Å²) < 4.78 is 0. The zero-order valence-electron chi connectivity index (χ0n) is 7.04. The summed E-state index contributed by atoms with van der Waals surface area (Å²) in [6.45, 7) is 3.49. The normalized spacial score (nSPS) is 10.1. The van der Waals surface area contributed by atoms with Gasteiger partial charge in [-0.15, -0.1) is 0 Å². The van der Waals surface area contributed by atoms with Crippen molar-refractivity contribution < 1.29 is 10.2 Å². The van der Waals surface area contributed by atoms with E-state index in [1.807, 2.05) is 6.92 Å². The summed E-state index contributed by atoms with van der Waals surface area (Å²) in [5.74, 6) is 0.226. The monoisotopic (exact) mass is 167 g/mol. The molecule has 1 rings (SSSR count). The fourth-order valence-electron chi connectivity index (χ4n) is 0.961. The highest BCUT2D eigenvalue weighted by Crippen LogP contribution is 2.21. The highest BCUT2D eigenvalue weighted by atomic mass is 16.3. The molecule has 3 N–H and O–H groups in total. The van der Waals surface area contributed by atoms with Gasteiger partial charge >= 0.3 is 0 Å². The Balaban J connectivity index is 2.72. The Morgan fingerprint density at radius 1 is 1.33 bits per heavy atom. The summed E-state index contributed by atoms with van der Waals surface area (Å²) in [4.78, 5) is 0. The van der Waals surface area contributed by atoms with Gasteiger partial charge < -0.3 is 15.5 Å². The van der Waals surface area contributed by atoms with Crippen LogP contribution in [0.1, 0.15) is 12.5 Å². The molecular weight excluding hydrogens is 154 g/mol. The summed E-state index contributed by atoms with van der Waals surface area (Å²) in [5.41, 5.74) is 0.801. The van der Waals surface area contributed by atoms with Crippen LogP contribution in [0, 0.1) is 0 Å². The van der Waals surface area contributed by atoms with E-state index in [-0.39, 0.29) is 11.5 Å². The number of aromatic hydroxyl groups is 2. The first-order valence-corrected chi connectivity index (χ1v) is 3.95. The van der Waals surface area contributed by atoms with Gasteiger partial charge in [0, 0.05) is 18.2 Å². The van der Waals surface area contributed by atoms with Crippen molar-refractivity contribution in [1.82, 2.24) is 5.32 Å². The van der Waals surface area contributed by atoms with Gasteiger partial charge in [0.05, 0.1) is 0 Å². The standard InChI is InChI=1S/C9H13NO2/c1-2-10-6-7-3-4-8(11)5-9(7)12/h3-5,10-12H,2,6H2,1H3. The maximum Gasteiger partial charge on any atom is 0.123 e. The third-order valence-electron chi connectivity index (χ3n) is 1.63. The highest BCUT2D eigenvalue weighted by Gasteiger charge is 2.00. The van der Waals surface area contributed by atoms with Crippen LogP contribution < -0.4 is 5.32 Å². The van der Waals surface area contributed by atoms with Crippen molar-refractivity contribution in [3.8, 4) is 11.5 Å². The molecular formula is C9H13NO2. The van der Waals surface area contributed by atoms with E-state index in [2.05, 4.69) is 5.32 Å². The average molecular weight is 167 g/mol. The second kappa shape index (κ2) is 3.97. The van der Waals surface area contributed by atoms with Crippen molar-refractivity contribution in [3.05, 3.63) is 23.8 Å². The van der Waals surface area contributed by atoms with Crippen LogP contribution in [-0.4, -0.2) is 16.8 Å². The Kier molecular flexibility index (Phi) is 2.94. The Hall–Kier alpha value is -1.22. The van der Waals surface area contributed by atoms with Gasteiger partial charge in [0.25, 0.3) is 0 Å². The summed E-state index contributed by atoms with van der Waals surface area (Å²) in [5, 5.41) is 21.4. The maximum absolute atomic E-state index is 9.32. The summed E-state index contributed by atoms with van der Waals surface area (Å²) in [6, 6.07) is 4.60. The molecule has 0 unspecified atom stereocenters. The molecule has 0 amide bonds. The number of rotatable bonds is 3. The van der Waals surface area contributed by atoms with E-state index >= 15 is 0 Å². The van der Waals surface area contributed by atoms with Crippen molar-refractivity contribution in [2.24, 2.45) is 0 Å². The SMILES string of the molecule is CCNCc1ccc(O)cc1O. The quantitative estimate of drug-likeness (QED) is 0.634. The van der Waals surface area contributed by atoms with Crippen LogP contribution in [0.5, 0.6) is 11.5 Å². The van der Waals surface area contributed by atoms with Gasteiger partial charge in [-0.1, -0.05) is 13.0 Å². The molecule has 0 saturated carbocycles. The average Bonchev–Trinajstić information content (AvgIpc) is 2.03. The minimum absolute atomic E-state index is 0.0905. The lowest BCUT2D eigenvalue weighted by molar-refractivity contribution is 0.444. The summed E-state index contributed by atoms with van der Waals surface area (Å²) >= 11 is 0. The summed E-state index contributed by atoms with van der Waals surface area (Å²) in [6.07, 6.45) is 0. The number of benzene rings is 1. The largest absolute Gasteiger partial charge is 0.508 e. The van der Waals surface area contributed by atoms with E-state index in [1.54, 1.807) is 12.1 Å². The molecule has 66 valence electrons. The molecule has 0 atom stereocenters. The van der Waals surface area contributed by atoms with Gasteiger partial charge in [-0.3, -0.25) is 0 Å². The lowest BCUT2D eigenvalue weighted by Crippen LogP contribution is -2.11. The second-order valence-corrected chi connectivity index (χ2v) is 2.59. The van der Waals surface area contributed by atoms with Crippen LogP contribution in [0.15, 0.2) is 18.2 Å². The lowest BCUT2D eigenvalue weighted by atomic mass is 10.2. The molecule has 3 nitrogen and oxygen atoms in total. The van der Waals surface area contributed by atoms with Crippen LogP contribution in [-0.2, 0) is 6.54 Å². The van der Waals surface area contributed by atoms with Crippen molar-refractivity contribution >= 4 is 0 Å². The van der Waals surface area contributed by atoms with Crippen LogP contribution >= 0.6 is 0 Å². The fourth-order valence-corrected chi connectivity index (χ4v) is 0.961. The molecule has 0 aromatic heterocycles. The topological polar surface area (TPSA) is 52.5 Å². The Morgan fingerprint density at radius 2 is 2.08 bits per heavy atom. The second-order valence-electron chi connectivity index (χ2n) is 2.59. The summed E-state index contributed by atoms with van der Waals surface area (Å²) in [7, 11) is 0. The number of nitrogens with one attached hydrogen (secondary N) is 1. The van der Waals surface area contributed by atoms with Gasteiger partial charge in [-0.25, -0.2) is 0 Å². The third kappa shape index (κ3) is 2.13. The van der Waals surface area contributed by atoms with Crippen LogP contribution in [0.25, 0.3) is 0 Å². The molecule has 0 fully saturated rings. The van der Waals surface area contributed by atoms with Gasteiger partial charge in [0.15, 0.2) is 0 Å². The highest BCUT2D eigenvalue weighted by molar-refractivity contribution is 5.38. The minimum Gasteiger partial charge on any atom is -0.508 e. The molecule has 3 heteroatoms. The molecule has 0 saturated heterocycles. The smallest absolute Gasteiger partial charge is 0.123 e. The molecule has 0 aliphatic heterocycles. The Bertz CT molecular complexity index is 261. The van der Waals surface area contributed by atoms with Crippen molar-refractivity contribution in [2.45, 2.75) is 13.5 Å². The first kappa shape index (κ1) is 8.87. The van der Waals surface area contributed by atoms with E-state index in [1.165, 1.54) is 6.07 Å². The molecule has 0 aliphatic carbocycles. The van der Waals surface area contributed by atoms with E-state index in [0.29, 0.717) is 6.54 Å². The van der Waals surface area contributed by atoms with Crippen LogP contribution in [0.2, 0.25) is 0 Å². The van der Waals surface area contributed by atoms with E-state index in [0.717, 1.165) is 12.1 Å². The Labute approximate surface area is 71.7 Å². The molecule has 0 heterocycles. The van der Waals surface area contributed by atoms with Crippen molar-refractivity contribution in [1.29, 1.82) is 0 Å². The first-order chi connectivity index (χ1) is 5.74. The third-order valence-corrected chi connectivity index (χ3v) is 1.63. The molecule has 0 spiro atoms. The lowest BCUT2D eigenvalue weighted by Gasteiger charge is -2.04. The minimum atomic E-state index is 0.0905. The maximum atomic E-state index is 9.32. The molecule has 12 heavy (non-hydrogen) atoms. The predicted octanol–water partition coefficient (Wildman–Crippen LogP) is 1.21. The fraction of sp³-hybridized carbons (Fsp3) is 0.333. The van der Waals surface area contributed by atoms with E-state index < -0.39 is 0 Å². The molecule has 0 radical (unpaired) electrons. The molecule has 0 bridgehead atoms. The first-order valence-electron chi connectivity index (χ1n) is 3.95. The van der Waals surface area contributed by atoms with Crippen molar-refractivity contribution in [2.75, 3.05) is 6.54 Å². The van der Waals surface area contributed by atoms with Gasteiger partial charge in [0.1, 0.15) is 11.5 Å².